The number of fused-ring (bicyclic) bond motifs is 1. The first-order valence-electron chi connectivity index (χ1n) is 10.7. The van der Waals surface area contributed by atoms with Gasteiger partial charge in [0.15, 0.2) is 11.5 Å². The number of pyridine rings is 1. The van der Waals surface area contributed by atoms with Crippen LogP contribution < -0.4 is 20.3 Å². The summed E-state index contributed by atoms with van der Waals surface area (Å²) in [4.78, 5) is 42.6. The molecule has 3 heterocycles. The number of thioether (sulfide) groups is 1. The molecule has 2 aliphatic heterocycles. The summed E-state index contributed by atoms with van der Waals surface area (Å²) in [5, 5.41) is 0. The average Bonchev–Trinajstić information content (AvgIpc) is 3.42. The molecule has 0 atom stereocenters. The smallest absolute Gasteiger partial charge is 0.269 e. The largest absolute Gasteiger partial charge is 0.454 e. The van der Waals surface area contributed by atoms with Crippen molar-refractivity contribution in [2.75, 3.05) is 13.3 Å². The number of ether oxygens (including phenoxy) is 2. The maximum absolute atomic E-state index is 12.8. The Bertz CT molecular complexity index is 1140. The zero-order chi connectivity index (χ0) is 23.9. The number of carbonyl (C=O) groups excluding carboxylic acids is 3. The summed E-state index contributed by atoms with van der Waals surface area (Å²) >= 11 is 6.66. The molecule has 2 aliphatic rings. The Morgan fingerprint density at radius 3 is 2.71 bits per heavy atom. The molecule has 0 unspecified atom stereocenters. The molecule has 0 spiro atoms. The van der Waals surface area contributed by atoms with Gasteiger partial charge in [-0.3, -0.25) is 35.1 Å². The van der Waals surface area contributed by atoms with Gasteiger partial charge in [0.2, 0.25) is 12.7 Å². The lowest BCUT2D eigenvalue weighted by Gasteiger charge is -2.14. The van der Waals surface area contributed by atoms with E-state index in [0.29, 0.717) is 45.7 Å². The summed E-state index contributed by atoms with van der Waals surface area (Å²) in [7, 11) is 0. The van der Waals surface area contributed by atoms with Crippen LogP contribution in [0.25, 0.3) is 6.08 Å². The van der Waals surface area contributed by atoms with E-state index in [1.807, 2.05) is 18.2 Å². The molecule has 2 N–H and O–H groups in total. The summed E-state index contributed by atoms with van der Waals surface area (Å²) < 4.78 is 11.2. The molecule has 1 aromatic carbocycles. The van der Waals surface area contributed by atoms with Crippen LogP contribution in [-0.2, 0) is 9.59 Å². The summed E-state index contributed by atoms with van der Waals surface area (Å²) in [6.07, 6.45) is 7.14. The van der Waals surface area contributed by atoms with Crippen LogP contribution in [0.1, 0.15) is 41.6 Å². The van der Waals surface area contributed by atoms with Gasteiger partial charge in [-0.25, -0.2) is 0 Å². The molecule has 1 saturated heterocycles. The van der Waals surface area contributed by atoms with Crippen molar-refractivity contribution < 1.29 is 23.9 Å². The van der Waals surface area contributed by atoms with Crippen LogP contribution in [0.15, 0.2) is 47.6 Å². The minimum atomic E-state index is -0.404. The van der Waals surface area contributed by atoms with E-state index in [-0.39, 0.29) is 25.0 Å². The number of thiocarbonyl (C=S) groups is 1. The van der Waals surface area contributed by atoms with Gasteiger partial charge in [0.25, 0.3) is 11.8 Å². The molecule has 11 heteroatoms. The van der Waals surface area contributed by atoms with Crippen molar-refractivity contribution in [3.63, 3.8) is 0 Å². The van der Waals surface area contributed by atoms with E-state index in [0.717, 1.165) is 12.0 Å². The third-order valence-corrected chi connectivity index (χ3v) is 6.49. The van der Waals surface area contributed by atoms with Gasteiger partial charge in [0.05, 0.1) is 4.91 Å². The summed E-state index contributed by atoms with van der Waals surface area (Å²) in [5.74, 6) is 0.544. The van der Waals surface area contributed by atoms with Crippen LogP contribution in [0.5, 0.6) is 11.5 Å². The predicted molar refractivity (Wildman–Crippen MR) is 131 cm³/mol. The van der Waals surface area contributed by atoms with E-state index < -0.39 is 5.91 Å². The van der Waals surface area contributed by atoms with Crippen LogP contribution >= 0.6 is 24.0 Å². The molecular weight excluding hydrogens is 476 g/mol. The molecule has 1 fully saturated rings. The Morgan fingerprint density at radius 1 is 1.09 bits per heavy atom. The second kappa shape index (κ2) is 11.1. The highest BCUT2D eigenvalue weighted by Crippen LogP contribution is 2.36. The average molecular weight is 499 g/mol. The van der Waals surface area contributed by atoms with Crippen LogP contribution in [0.3, 0.4) is 0 Å². The fourth-order valence-electron chi connectivity index (χ4n) is 3.34. The second-order valence-electron chi connectivity index (χ2n) is 7.49. The highest BCUT2D eigenvalue weighted by molar-refractivity contribution is 8.26. The van der Waals surface area contributed by atoms with Gasteiger partial charge in [-0.2, -0.15) is 0 Å². The fourth-order valence-corrected chi connectivity index (χ4v) is 4.65. The van der Waals surface area contributed by atoms with E-state index in [9.17, 15) is 14.4 Å². The van der Waals surface area contributed by atoms with Gasteiger partial charge < -0.3 is 9.47 Å². The Balaban J connectivity index is 1.17. The van der Waals surface area contributed by atoms with Crippen molar-refractivity contribution in [2.45, 2.75) is 25.7 Å². The molecule has 2 aromatic rings. The monoisotopic (exact) mass is 498 g/mol. The highest BCUT2D eigenvalue weighted by atomic mass is 32.2. The van der Waals surface area contributed by atoms with Crippen LogP contribution in [0.4, 0.5) is 0 Å². The minimum Gasteiger partial charge on any atom is -0.454 e. The number of rotatable bonds is 8. The molecule has 4 rings (SSSR count). The zero-order valence-corrected chi connectivity index (χ0v) is 19.7. The maximum Gasteiger partial charge on any atom is 0.269 e. The van der Waals surface area contributed by atoms with Gasteiger partial charge in [-0.15, -0.1) is 0 Å². The number of nitrogens with zero attached hydrogens (tertiary/aromatic N) is 2. The quantitative estimate of drug-likeness (QED) is 0.247. The summed E-state index contributed by atoms with van der Waals surface area (Å²) in [5.41, 5.74) is 6.02. The van der Waals surface area contributed by atoms with E-state index in [1.165, 1.54) is 24.2 Å². The van der Waals surface area contributed by atoms with Gasteiger partial charge in [0.1, 0.15) is 4.32 Å². The number of benzene rings is 1. The third-order valence-electron chi connectivity index (χ3n) is 5.11. The number of hydrogen-bond acceptors (Lipinski definition) is 8. The predicted octanol–water partition coefficient (Wildman–Crippen LogP) is 3.03. The topological polar surface area (TPSA) is 110 Å². The first-order chi connectivity index (χ1) is 16.5. The molecule has 0 aliphatic carbocycles. The molecular formula is C23H22N4O5S2. The van der Waals surface area contributed by atoms with E-state index in [2.05, 4.69) is 15.8 Å². The van der Waals surface area contributed by atoms with Crippen LogP contribution in [-0.4, -0.2) is 45.3 Å². The fraction of sp³-hybridized carbons (Fsp3) is 0.261. The van der Waals surface area contributed by atoms with Gasteiger partial charge >= 0.3 is 0 Å². The standard InChI is InChI=1S/C23H22N4O5S2/c28-20(25-26-21(29)16-7-9-24-10-8-16)4-2-1-3-11-27-22(30)19(34-23(27)33)13-15-5-6-17-18(12-15)32-14-31-17/h5-10,12-13H,1-4,11,14H2,(H,25,28)(H,26,29)/b19-13-. The van der Waals surface area contributed by atoms with Gasteiger partial charge in [0, 0.05) is 30.9 Å². The van der Waals surface area contributed by atoms with Crippen molar-refractivity contribution in [3.05, 3.63) is 58.8 Å². The zero-order valence-electron chi connectivity index (χ0n) is 18.1. The van der Waals surface area contributed by atoms with Crippen molar-refractivity contribution in [1.82, 2.24) is 20.7 Å². The number of amides is 3. The number of unbranched alkanes of at least 4 members (excludes halogenated alkanes) is 2. The Labute approximate surface area is 205 Å². The molecule has 1 aromatic heterocycles. The SMILES string of the molecule is O=C(CCCCCN1C(=O)/C(=C/c2ccc3c(c2)OCO3)SC1=S)NNC(=O)c1ccncc1. The molecule has 34 heavy (non-hydrogen) atoms. The minimum absolute atomic E-state index is 0.121. The Kier molecular flexibility index (Phi) is 7.76. The first kappa shape index (κ1) is 23.7. The van der Waals surface area contributed by atoms with Crippen molar-refractivity contribution >= 4 is 52.1 Å². The molecule has 0 saturated carbocycles. The Hall–Kier alpha value is -3.44. The molecule has 176 valence electrons. The molecule has 0 bridgehead atoms. The lowest BCUT2D eigenvalue weighted by Crippen LogP contribution is -2.41. The number of hydrogen-bond donors (Lipinski definition) is 2. The molecule has 0 radical (unpaired) electrons. The van der Waals surface area contributed by atoms with Gasteiger partial charge in [-0.05, 0) is 48.7 Å². The number of nitrogens with one attached hydrogen (secondary N) is 2. The second-order valence-corrected chi connectivity index (χ2v) is 9.17. The molecule has 9 nitrogen and oxygen atoms in total. The van der Waals surface area contributed by atoms with Crippen LogP contribution in [0.2, 0.25) is 0 Å². The van der Waals surface area contributed by atoms with E-state index in [4.69, 9.17) is 21.7 Å². The molecule has 3 amide bonds. The normalized spacial score (nSPS) is 15.6. The van der Waals surface area contributed by atoms with Crippen molar-refractivity contribution in [2.24, 2.45) is 0 Å². The van der Waals surface area contributed by atoms with E-state index in [1.54, 1.807) is 23.1 Å². The number of carbonyl (C=O) groups is 3. The first-order valence-corrected chi connectivity index (χ1v) is 11.9. The summed E-state index contributed by atoms with van der Waals surface area (Å²) in [6, 6.07) is 8.62. The Morgan fingerprint density at radius 2 is 1.88 bits per heavy atom. The van der Waals surface area contributed by atoms with Crippen LogP contribution in [0, 0.1) is 0 Å². The van der Waals surface area contributed by atoms with Crippen molar-refractivity contribution in [3.8, 4) is 11.5 Å². The van der Waals surface area contributed by atoms with Crippen molar-refractivity contribution in [1.29, 1.82) is 0 Å². The third kappa shape index (κ3) is 5.91. The van der Waals surface area contributed by atoms with E-state index >= 15 is 0 Å². The highest BCUT2D eigenvalue weighted by Gasteiger charge is 2.31. The number of hydrazine groups is 1. The van der Waals surface area contributed by atoms with Gasteiger partial charge in [-0.1, -0.05) is 36.5 Å². The lowest BCUT2D eigenvalue weighted by atomic mass is 10.1. The number of aromatic nitrogens is 1. The summed E-state index contributed by atoms with van der Waals surface area (Å²) in [6.45, 7) is 0.687. The lowest BCUT2D eigenvalue weighted by molar-refractivity contribution is -0.123. The maximum atomic E-state index is 12.8.